The first-order valence-electron chi connectivity index (χ1n) is 9.50. The standard InChI is InChI=1S/C20H20N6O2/c27-19-6-5-16(15-2-1-7-21-9-15)24-26(19)12-13-10-25(11-13)20(28)18-8-17(22-23-18)14-3-4-14/h1-2,5-9,13-14H,3-4,10-12H2,(H,22,23). The van der Waals surface area contributed by atoms with Crippen LogP contribution in [-0.2, 0) is 6.54 Å². The minimum Gasteiger partial charge on any atom is -0.336 e. The first-order valence-corrected chi connectivity index (χ1v) is 9.50. The van der Waals surface area contributed by atoms with Crippen molar-refractivity contribution in [3.8, 4) is 11.3 Å². The van der Waals surface area contributed by atoms with Gasteiger partial charge in [-0.05, 0) is 37.1 Å². The number of pyridine rings is 1. The Morgan fingerprint density at radius 1 is 1.21 bits per heavy atom. The van der Waals surface area contributed by atoms with Gasteiger partial charge in [0.2, 0.25) is 0 Å². The van der Waals surface area contributed by atoms with Crippen LogP contribution in [0.25, 0.3) is 11.3 Å². The van der Waals surface area contributed by atoms with Crippen LogP contribution in [0.3, 0.4) is 0 Å². The van der Waals surface area contributed by atoms with Crippen LogP contribution in [-0.4, -0.2) is 48.9 Å². The molecule has 2 aliphatic rings. The van der Waals surface area contributed by atoms with Crippen LogP contribution in [0.15, 0.2) is 47.5 Å². The quantitative estimate of drug-likeness (QED) is 0.731. The van der Waals surface area contributed by atoms with Gasteiger partial charge in [0.25, 0.3) is 11.5 Å². The van der Waals surface area contributed by atoms with Crippen molar-refractivity contribution in [2.45, 2.75) is 25.3 Å². The summed E-state index contributed by atoms with van der Waals surface area (Å²) in [6.07, 6.45) is 5.76. The lowest BCUT2D eigenvalue weighted by Crippen LogP contribution is -2.52. The molecule has 1 amide bonds. The molecule has 3 aromatic heterocycles. The van der Waals surface area contributed by atoms with Gasteiger partial charge in [0.05, 0.1) is 12.2 Å². The molecule has 0 unspecified atom stereocenters. The van der Waals surface area contributed by atoms with Gasteiger partial charge in [-0.3, -0.25) is 19.7 Å². The molecule has 0 atom stereocenters. The third-order valence-corrected chi connectivity index (χ3v) is 5.33. The number of nitrogens with zero attached hydrogens (tertiary/aromatic N) is 5. The molecule has 28 heavy (non-hydrogen) atoms. The highest BCUT2D eigenvalue weighted by Gasteiger charge is 2.34. The maximum absolute atomic E-state index is 12.5. The third kappa shape index (κ3) is 3.21. The average molecular weight is 376 g/mol. The van der Waals surface area contributed by atoms with E-state index in [1.165, 1.54) is 23.6 Å². The number of aromatic nitrogens is 5. The number of carbonyl (C=O) groups is 1. The molecular formula is C20H20N6O2. The number of hydrogen-bond donors (Lipinski definition) is 1. The van der Waals surface area contributed by atoms with Gasteiger partial charge in [-0.2, -0.15) is 10.2 Å². The SMILES string of the molecule is O=C(c1cc(C2CC2)[nH]n1)N1CC(Cn2nc(-c3cccnc3)ccc2=O)C1. The highest BCUT2D eigenvalue weighted by molar-refractivity contribution is 5.93. The molecule has 1 N–H and O–H groups in total. The molecule has 8 heteroatoms. The molecule has 0 bridgehead atoms. The topological polar surface area (TPSA) is 96.8 Å². The van der Waals surface area contributed by atoms with E-state index in [0.29, 0.717) is 36.9 Å². The van der Waals surface area contributed by atoms with Crippen LogP contribution in [0.1, 0.15) is 34.9 Å². The lowest BCUT2D eigenvalue weighted by molar-refractivity contribution is 0.0452. The van der Waals surface area contributed by atoms with E-state index in [1.54, 1.807) is 23.4 Å². The fourth-order valence-corrected chi connectivity index (χ4v) is 3.56. The van der Waals surface area contributed by atoms with Crippen LogP contribution in [0.4, 0.5) is 0 Å². The molecule has 5 rings (SSSR count). The Bertz CT molecular complexity index is 1060. The predicted octanol–water partition coefficient (Wildman–Crippen LogP) is 1.68. The molecule has 1 saturated heterocycles. The number of H-pyrrole nitrogens is 1. The van der Waals surface area contributed by atoms with Crippen molar-refractivity contribution >= 4 is 5.91 Å². The Hall–Kier alpha value is -3.29. The van der Waals surface area contributed by atoms with Crippen molar-refractivity contribution in [2.24, 2.45) is 5.92 Å². The number of rotatable bonds is 5. The van der Waals surface area contributed by atoms with Crippen LogP contribution in [0.5, 0.6) is 0 Å². The summed E-state index contributed by atoms with van der Waals surface area (Å²) in [4.78, 5) is 30.6. The molecule has 1 saturated carbocycles. The molecular weight excluding hydrogens is 356 g/mol. The number of nitrogens with one attached hydrogen (secondary N) is 1. The molecule has 0 radical (unpaired) electrons. The second kappa shape index (κ2) is 6.70. The van der Waals surface area contributed by atoms with Gasteiger partial charge in [-0.1, -0.05) is 0 Å². The zero-order chi connectivity index (χ0) is 19.1. The smallest absolute Gasteiger partial charge is 0.274 e. The third-order valence-electron chi connectivity index (χ3n) is 5.33. The number of amides is 1. The highest BCUT2D eigenvalue weighted by atomic mass is 16.2. The van der Waals surface area contributed by atoms with Crippen LogP contribution < -0.4 is 5.56 Å². The average Bonchev–Trinajstić information content (AvgIpc) is 3.42. The molecule has 1 aliphatic carbocycles. The number of carbonyl (C=O) groups excluding carboxylic acids is 1. The van der Waals surface area contributed by atoms with Crippen molar-refractivity contribution in [2.75, 3.05) is 13.1 Å². The molecule has 2 fully saturated rings. The minimum atomic E-state index is -0.140. The van der Waals surface area contributed by atoms with Crippen LogP contribution >= 0.6 is 0 Å². The van der Waals surface area contributed by atoms with Crippen LogP contribution in [0, 0.1) is 5.92 Å². The summed E-state index contributed by atoms with van der Waals surface area (Å²) in [5, 5.41) is 11.6. The number of likely N-dealkylation sites (tertiary alicyclic amines) is 1. The fourth-order valence-electron chi connectivity index (χ4n) is 3.56. The summed E-state index contributed by atoms with van der Waals surface area (Å²) in [5.74, 6) is 0.701. The zero-order valence-corrected chi connectivity index (χ0v) is 15.3. The van der Waals surface area contributed by atoms with Gasteiger partial charge >= 0.3 is 0 Å². The monoisotopic (exact) mass is 376 g/mol. The normalized spacial score (nSPS) is 16.8. The van der Waals surface area contributed by atoms with E-state index in [2.05, 4.69) is 20.3 Å². The largest absolute Gasteiger partial charge is 0.336 e. The maximum atomic E-state index is 12.5. The lowest BCUT2D eigenvalue weighted by atomic mass is 9.99. The van der Waals surface area contributed by atoms with Crippen molar-refractivity contribution in [1.82, 2.24) is 29.9 Å². The number of hydrogen-bond acceptors (Lipinski definition) is 5. The van der Waals surface area contributed by atoms with Gasteiger partial charge in [0.15, 0.2) is 0 Å². The van der Waals surface area contributed by atoms with Crippen molar-refractivity contribution in [1.29, 1.82) is 0 Å². The Morgan fingerprint density at radius 2 is 2.07 bits per heavy atom. The van der Waals surface area contributed by atoms with E-state index in [0.717, 1.165) is 11.3 Å². The molecule has 8 nitrogen and oxygen atoms in total. The van der Waals surface area contributed by atoms with Crippen LogP contribution in [0.2, 0.25) is 0 Å². The molecule has 3 aromatic rings. The van der Waals surface area contributed by atoms with Crippen molar-refractivity contribution in [3.63, 3.8) is 0 Å². The lowest BCUT2D eigenvalue weighted by Gasteiger charge is -2.38. The summed E-state index contributed by atoms with van der Waals surface area (Å²) in [5.41, 5.74) is 2.98. The number of aromatic amines is 1. The second-order valence-electron chi connectivity index (χ2n) is 7.54. The first-order chi connectivity index (χ1) is 13.7. The van der Waals surface area contributed by atoms with Gasteiger partial charge in [-0.25, -0.2) is 4.68 Å². The molecule has 0 aromatic carbocycles. The Kier molecular flexibility index (Phi) is 4.03. The van der Waals surface area contributed by atoms with Gasteiger partial charge in [0.1, 0.15) is 5.69 Å². The summed E-state index contributed by atoms with van der Waals surface area (Å²) < 4.78 is 1.48. The Morgan fingerprint density at radius 3 is 2.82 bits per heavy atom. The summed E-state index contributed by atoms with van der Waals surface area (Å²) in [7, 11) is 0. The fraction of sp³-hybridized carbons (Fsp3) is 0.350. The van der Waals surface area contributed by atoms with Crippen molar-refractivity contribution in [3.05, 3.63) is 64.5 Å². The van der Waals surface area contributed by atoms with Gasteiger partial charge in [-0.15, -0.1) is 0 Å². The van der Waals surface area contributed by atoms with E-state index in [4.69, 9.17) is 0 Å². The first kappa shape index (κ1) is 16.9. The Balaban J connectivity index is 1.23. The van der Waals surface area contributed by atoms with Crippen molar-refractivity contribution < 1.29 is 4.79 Å². The highest BCUT2D eigenvalue weighted by Crippen LogP contribution is 2.39. The van der Waals surface area contributed by atoms with E-state index in [9.17, 15) is 9.59 Å². The predicted molar refractivity (Wildman–Crippen MR) is 102 cm³/mol. The zero-order valence-electron chi connectivity index (χ0n) is 15.3. The second-order valence-corrected chi connectivity index (χ2v) is 7.54. The molecule has 0 spiro atoms. The van der Waals surface area contributed by atoms with E-state index in [-0.39, 0.29) is 17.4 Å². The minimum absolute atomic E-state index is 0.0520. The van der Waals surface area contributed by atoms with Gasteiger partial charge in [0, 0.05) is 54.6 Å². The summed E-state index contributed by atoms with van der Waals surface area (Å²) in [6, 6.07) is 8.86. The van der Waals surface area contributed by atoms with E-state index < -0.39 is 0 Å². The summed E-state index contributed by atoms with van der Waals surface area (Å²) in [6.45, 7) is 1.70. The van der Waals surface area contributed by atoms with Gasteiger partial charge < -0.3 is 4.90 Å². The maximum Gasteiger partial charge on any atom is 0.274 e. The molecule has 1 aliphatic heterocycles. The van der Waals surface area contributed by atoms with E-state index >= 15 is 0 Å². The summed E-state index contributed by atoms with van der Waals surface area (Å²) >= 11 is 0. The molecule has 142 valence electrons. The Labute approximate surface area is 161 Å². The molecule has 4 heterocycles. The van der Waals surface area contributed by atoms with E-state index in [1.807, 2.05) is 18.2 Å².